The lowest BCUT2D eigenvalue weighted by molar-refractivity contribution is -0.121. The van der Waals surface area contributed by atoms with Gasteiger partial charge in [-0.15, -0.1) is 0 Å². The number of carbonyl (C=O) groups excluding carboxylic acids is 1. The van der Waals surface area contributed by atoms with Crippen LogP contribution in [0.4, 0.5) is 0 Å². The molecule has 1 aromatic heterocycles. The fraction of sp³-hybridized carbons (Fsp3) is 0.333. The molecule has 0 fully saturated rings. The smallest absolute Gasteiger partial charge is 0.220 e. The van der Waals surface area contributed by atoms with E-state index < -0.39 is 0 Å². The van der Waals surface area contributed by atoms with E-state index in [1.54, 1.807) is 12.5 Å². The van der Waals surface area contributed by atoms with E-state index in [0.717, 1.165) is 18.5 Å². The Morgan fingerprint density at radius 2 is 2.26 bits per heavy atom. The van der Waals surface area contributed by atoms with Crippen LogP contribution < -0.4 is 5.32 Å². The van der Waals surface area contributed by atoms with Gasteiger partial charge in [-0.2, -0.15) is 0 Å². The van der Waals surface area contributed by atoms with E-state index >= 15 is 0 Å². The lowest BCUT2D eigenvalue weighted by Gasteiger charge is -2.05. The van der Waals surface area contributed by atoms with E-state index in [-0.39, 0.29) is 5.91 Å². The maximum absolute atomic E-state index is 11.7. The summed E-state index contributed by atoms with van der Waals surface area (Å²) in [5.74, 6) is 0.0982. The van der Waals surface area contributed by atoms with Gasteiger partial charge in [-0.05, 0) is 18.9 Å². The zero-order chi connectivity index (χ0) is 13.5. The zero-order valence-electron chi connectivity index (χ0n) is 11.1. The molecule has 1 heterocycles. The van der Waals surface area contributed by atoms with Gasteiger partial charge in [0.1, 0.15) is 0 Å². The van der Waals surface area contributed by atoms with Crippen LogP contribution in [0.25, 0.3) is 0 Å². The number of benzene rings is 1. The number of amides is 1. The Bertz CT molecular complexity index is 520. The molecule has 0 saturated carbocycles. The number of aryl methyl sites for hydroxylation is 2. The molecular weight excluding hydrogens is 238 g/mol. The van der Waals surface area contributed by atoms with Gasteiger partial charge in [-0.3, -0.25) is 4.79 Å². The molecule has 0 atom stereocenters. The predicted octanol–water partition coefficient (Wildman–Crippen LogP) is 2.01. The number of nitrogens with one attached hydrogen (secondary N) is 2. The second-order valence-corrected chi connectivity index (χ2v) is 4.67. The fourth-order valence-electron chi connectivity index (χ4n) is 1.97. The summed E-state index contributed by atoms with van der Waals surface area (Å²) in [6.45, 7) is 2.71. The van der Waals surface area contributed by atoms with Crippen molar-refractivity contribution < 1.29 is 4.79 Å². The Kier molecular flexibility index (Phi) is 4.72. The van der Waals surface area contributed by atoms with Gasteiger partial charge in [0, 0.05) is 31.3 Å². The molecule has 0 aliphatic heterocycles. The molecule has 1 amide bonds. The number of nitrogens with zero attached hydrogens (tertiary/aromatic N) is 1. The Balaban J connectivity index is 1.67. The lowest BCUT2D eigenvalue weighted by atomic mass is 10.1. The summed E-state index contributed by atoms with van der Waals surface area (Å²) in [4.78, 5) is 18.6. The second kappa shape index (κ2) is 6.73. The summed E-state index contributed by atoms with van der Waals surface area (Å²) >= 11 is 0. The highest BCUT2D eigenvalue weighted by atomic mass is 16.1. The van der Waals surface area contributed by atoms with Gasteiger partial charge < -0.3 is 10.3 Å². The van der Waals surface area contributed by atoms with Crippen LogP contribution in [-0.2, 0) is 17.6 Å². The van der Waals surface area contributed by atoms with Crippen molar-refractivity contribution in [1.29, 1.82) is 0 Å². The average molecular weight is 257 g/mol. The molecule has 2 N–H and O–H groups in total. The molecule has 0 aliphatic rings. The standard InChI is InChI=1S/C15H19N3O/c1-12-3-2-4-13(9-12)5-6-15(19)17-8-7-14-10-16-11-18-14/h2-4,9-11H,5-8H2,1H3,(H,16,18)(H,17,19). The third kappa shape index (κ3) is 4.58. The normalized spacial score (nSPS) is 10.4. The Hall–Kier alpha value is -2.10. The van der Waals surface area contributed by atoms with Crippen LogP contribution >= 0.6 is 0 Å². The number of hydrogen-bond donors (Lipinski definition) is 2. The molecule has 0 aliphatic carbocycles. The maximum Gasteiger partial charge on any atom is 0.220 e. The number of H-pyrrole nitrogens is 1. The van der Waals surface area contributed by atoms with Crippen molar-refractivity contribution in [3.05, 3.63) is 53.6 Å². The third-order valence-corrected chi connectivity index (χ3v) is 2.99. The van der Waals surface area contributed by atoms with Gasteiger partial charge in [0.2, 0.25) is 5.91 Å². The van der Waals surface area contributed by atoms with Crippen molar-refractivity contribution in [2.24, 2.45) is 0 Å². The first-order chi connectivity index (χ1) is 9.24. The minimum Gasteiger partial charge on any atom is -0.356 e. The SMILES string of the molecule is Cc1cccc(CCC(=O)NCCc2cnc[nH]2)c1. The first-order valence-corrected chi connectivity index (χ1v) is 6.53. The summed E-state index contributed by atoms with van der Waals surface area (Å²) in [5.41, 5.74) is 3.49. The Morgan fingerprint density at radius 3 is 3.00 bits per heavy atom. The van der Waals surface area contributed by atoms with E-state index in [4.69, 9.17) is 0 Å². The van der Waals surface area contributed by atoms with Gasteiger partial charge in [-0.25, -0.2) is 4.98 Å². The first-order valence-electron chi connectivity index (χ1n) is 6.53. The number of rotatable bonds is 6. The first kappa shape index (κ1) is 13.3. The monoisotopic (exact) mass is 257 g/mol. The van der Waals surface area contributed by atoms with Crippen LogP contribution in [0.5, 0.6) is 0 Å². The van der Waals surface area contributed by atoms with Crippen LogP contribution in [0.3, 0.4) is 0 Å². The average Bonchev–Trinajstić information content (AvgIpc) is 2.90. The highest BCUT2D eigenvalue weighted by Gasteiger charge is 2.02. The highest BCUT2D eigenvalue weighted by molar-refractivity contribution is 5.76. The van der Waals surface area contributed by atoms with Crippen molar-refractivity contribution in [2.75, 3.05) is 6.54 Å². The van der Waals surface area contributed by atoms with Gasteiger partial charge in [-0.1, -0.05) is 29.8 Å². The van der Waals surface area contributed by atoms with Crippen LogP contribution in [0.1, 0.15) is 23.2 Å². The fourth-order valence-corrected chi connectivity index (χ4v) is 1.97. The molecule has 4 heteroatoms. The summed E-state index contributed by atoms with van der Waals surface area (Å²) in [6.07, 6.45) is 5.54. The summed E-state index contributed by atoms with van der Waals surface area (Å²) in [6, 6.07) is 8.28. The van der Waals surface area contributed by atoms with Crippen LogP contribution in [0, 0.1) is 6.92 Å². The Labute approximate surface area is 113 Å². The van der Waals surface area contributed by atoms with Crippen LogP contribution in [0.2, 0.25) is 0 Å². The molecule has 0 bridgehead atoms. The Morgan fingerprint density at radius 1 is 1.37 bits per heavy atom. The van der Waals surface area contributed by atoms with E-state index in [0.29, 0.717) is 13.0 Å². The number of hydrogen-bond acceptors (Lipinski definition) is 2. The molecule has 1 aromatic carbocycles. The quantitative estimate of drug-likeness (QED) is 0.831. The van der Waals surface area contributed by atoms with Crippen molar-refractivity contribution >= 4 is 5.91 Å². The molecule has 4 nitrogen and oxygen atoms in total. The maximum atomic E-state index is 11.7. The van der Waals surface area contributed by atoms with E-state index in [2.05, 4.69) is 40.4 Å². The highest BCUT2D eigenvalue weighted by Crippen LogP contribution is 2.06. The molecular formula is C15H19N3O. The molecule has 100 valence electrons. The van der Waals surface area contributed by atoms with Crippen molar-refractivity contribution in [3.63, 3.8) is 0 Å². The summed E-state index contributed by atoms with van der Waals surface area (Å²) < 4.78 is 0. The van der Waals surface area contributed by atoms with Crippen molar-refractivity contribution in [2.45, 2.75) is 26.2 Å². The van der Waals surface area contributed by atoms with E-state index in [9.17, 15) is 4.79 Å². The van der Waals surface area contributed by atoms with Crippen LogP contribution in [0.15, 0.2) is 36.8 Å². The topological polar surface area (TPSA) is 57.8 Å². The number of imidazole rings is 1. The summed E-state index contributed by atoms with van der Waals surface area (Å²) in [5, 5.41) is 2.92. The number of carbonyl (C=O) groups is 1. The van der Waals surface area contributed by atoms with Gasteiger partial charge >= 0.3 is 0 Å². The van der Waals surface area contributed by atoms with E-state index in [1.807, 2.05) is 6.07 Å². The lowest BCUT2D eigenvalue weighted by Crippen LogP contribution is -2.25. The zero-order valence-corrected chi connectivity index (χ0v) is 11.1. The number of aromatic nitrogens is 2. The van der Waals surface area contributed by atoms with Crippen LogP contribution in [-0.4, -0.2) is 22.4 Å². The molecule has 19 heavy (non-hydrogen) atoms. The van der Waals surface area contributed by atoms with Crippen molar-refractivity contribution in [3.8, 4) is 0 Å². The second-order valence-electron chi connectivity index (χ2n) is 4.67. The summed E-state index contributed by atoms with van der Waals surface area (Å²) in [7, 11) is 0. The van der Waals surface area contributed by atoms with Crippen molar-refractivity contribution in [1.82, 2.24) is 15.3 Å². The largest absolute Gasteiger partial charge is 0.356 e. The molecule has 0 saturated heterocycles. The molecule has 0 radical (unpaired) electrons. The minimum atomic E-state index is 0.0982. The molecule has 2 aromatic rings. The third-order valence-electron chi connectivity index (χ3n) is 2.99. The van der Waals surface area contributed by atoms with Gasteiger partial charge in [0.15, 0.2) is 0 Å². The van der Waals surface area contributed by atoms with Gasteiger partial charge in [0.25, 0.3) is 0 Å². The number of aromatic amines is 1. The molecule has 2 rings (SSSR count). The predicted molar refractivity (Wildman–Crippen MR) is 74.8 cm³/mol. The molecule has 0 spiro atoms. The van der Waals surface area contributed by atoms with Gasteiger partial charge in [0.05, 0.1) is 6.33 Å². The minimum absolute atomic E-state index is 0.0982. The molecule has 0 unspecified atom stereocenters. The van der Waals surface area contributed by atoms with E-state index in [1.165, 1.54) is 11.1 Å².